The van der Waals surface area contributed by atoms with E-state index in [0.717, 1.165) is 28.1 Å². The summed E-state index contributed by atoms with van der Waals surface area (Å²) in [6, 6.07) is 37.9. The molecule has 39 heavy (non-hydrogen) atoms. The van der Waals surface area contributed by atoms with Gasteiger partial charge in [-0.15, -0.1) is 10.2 Å². The van der Waals surface area contributed by atoms with Crippen LogP contribution in [0.5, 0.6) is 0 Å². The number of hydrogen-bond donors (Lipinski definition) is 1. The van der Waals surface area contributed by atoms with E-state index < -0.39 is 5.97 Å². The number of hydrazone groups is 1. The van der Waals surface area contributed by atoms with E-state index in [0.29, 0.717) is 23.0 Å². The Bertz CT molecular complexity index is 1550. The molecule has 1 heterocycles. The average molecular weight is 513 g/mol. The Labute approximate surface area is 225 Å². The van der Waals surface area contributed by atoms with Crippen LogP contribution in [-0.2, 0) is 4.74 Å². The van der Waals surface area contributed by atoms with Crippen molar-refractivity contribution < 1.29 is 9.53 Å². The molecule has 0 fully saturated rings. The highest BCUT2D eigenvalue weighted by Gasteiger charge is 2.10. The number of methoxy groups -OCH3 is 1. The number of anilines is 1. The molecule has 4 aromatic carbocycles. The van der Waals surface area contributed by atoms with Crippen LogP contribution in [0.15, 0.2) is 137 Å². The van der Waals surface area contributed by atoms with Crippen LogP contribution < -0.4 is 5.43 Å². The standard InChI is InChI=1S/C31H24N6O2/c1-39-30(38)25-17-19-26(20-18-25)34-35-29(24-15-9-4-10-16-24)36-37-31-32-27(22-11-5-2-6-12-22)21-28(33-31)23-13-7-3-8-14-23/h2-21H,1H3,(H,32,33,37)/b35-34?,36-29-. The number of nitrogens with zero attached hydrogens (tertiary/aromatic N) is 5. The third kappa shape index (κ3) is 6.44. The number of amidine groups is 1. The summed E-state index contributed by atoms with van der Waals surface area (Å²) in [5, 5.41) is 13.2. The van der Waals surface area contributed by atoms with Gasteiger partial charge in [-0.3, -0.25) is 0 Å². The van der Waals surface area contributed by atoms with Crippen molar-refractivity contribution in [3.05, 3.63) is 132 Å². The minimum atomic E-state index is -0.415. The van der Waals surface area contributed by atoms with Gasteiger partial charge in [0.15, 0.2) is 0 Å². The second-order valence-corrected chi connectivity index (χ2v) is 8.35. The lowest BCUT2D eigenvalue weighted by Crippen LogP contribution is -2.04. The number of carbonyl (C=O) groups excluding carboxylic acids is 1. The van der Waals surface area contributed by atoms with Crippen molar-refractivity contribution in [2.45, 2.75) is 0 Å². The van der Waals surface area contributed by atoms with Crippen LogP contribution in [0.3, 0.4) is 0 Å². The van der Waals surface area contributed by atoms with E-state index in [1.54, 1.807) is 24.3 Å². The largest absolute Gasteiger partial charge is 0.465 e. The van der Waals surface area contributed by atoms with E-state index in [4.69, 9.17) is 14.7 Å². The first-order valence-corrected chi connectivity index (χ1v) is 12.2. The molecule has 0 saturated heterocycles. The van der Waals surface area contributed by atoms with Gasteiger partial charge in [0, 0.05) is 16.7 Å². The van der Waals surface area contributed by atoms with Crippen LogP contribution in [-0.4, -0.2) is 28.9 Å². The van der Waals surface area contributed by atoms with Crippen LogP contribution in [0.1, 0.15) is 15.9 Å². The average Bonchev–Trinajstić information content (AvgIpc) is 3.02. The predicted molar refractivity (Wildman–Crippen MR) is 152 cm³/mol. The monoisotopic (exact) mass is 512 g/mol. The van der Waals surface area contributed by atoms with Crippen molar-refractivity contribution in [2.24, 2.45) is 15.3 Å². The number of aromatic nitrogens is 2. The summed E-state index contributed by atoms with van der Waals surface area (Å²) < 4.78 is 4.75. The number of benzene rings is 4. The van der Waals surface area contributed by atoms with Gasteiger partial charge in [-0.05, 0) is 30.3 Å². The zero-order valence-corrected chi connectivity index (χ0v) is 21.1. The van der Waals surface area contributed by atoms with E-state index in [-0.39, 0.29) is 0 Å². The first kappa shape index (κ1) is 25.2. The van der Waals surface area contributed by atoms with Gasteiger partial charge in [0.05, 0.1) is 29.7 Å². The predicted octanol–water partition coefficient (Wildman–Crippen LogP) is 7.15. The summed E-state index contributed by atoms with van der Waals surface area (Å²) >= 11 is 0. The third-order valence-corrected chi connectivity index (χ3v) is 5.71. The van der Waals surface area contributed by atoms with Crippen molar-refractivity contribution in [1.82, 2.24) is 9.97 Å². The summed E-state index contributed by atoms with van der Waals surface area (Å²) in [5.41, 5.74) is 8.16. The van der Waals surface area contributed by atoms with Gasteiger partial charge in [0.2, 0.25) is 11.8 Å². The van der Waals surface area contributed by atoms with Crippen molar-refractivity contribution >= 4 is 23.4 Å². The lowest BCUT2D eigenvalue weighted by atomic mass is 10.1. The smallest absolute Gasteiger partial charge is 0.337 e. The van der Waals surface area contributed by atoms with E-state index >= 15 is 0 Å². The fourth-order valence-electron chi connectivity index (χ4n) is 3.73. The number of rotatable bonds is 7. The maximum absolute atomic E-state index is 11.7. The zero-order valence-electron chi connectivity index (χ0n) is 21.1. The summed E-state index contributed by atoms with van der Waals surface area (Å²) in [7, 11) is 1.34. The molecule has 0 amide bonds. The fraction of sp³-hybridized carbons (Fsp3) is 0.0323. The van der Waals surface area contributed by atoms with E-state index in [2.05, 4.69) is 20.8 Å². The Balaban J connectivity index is 1.49. The first-order valence-electron chi connectivity index (χ1n) is 12.2. The number of azo groups is 1. The van der Waals surface area contributed by atoms with Gasteiger partial charge < -0.3 is 4.74 Å². The van der Waals surface area contributed by atoms with Crippen LogP contribution in [0.25, 0.3) is 22.5 Å². The second kappa shape index (κ2) is 12.2. The molecule has 0 aliphatic carbocycles. The van der Waals surface area contributed by atoms with E-state index in [9.17, 15) is 4.79 Å². The molecule has 0 spiro atoms. The van der Waals surface area contributed by atoms with Crippen LogP contribution >= 0.6 is 0 Å². The van der Waals surface area contributed by atoms with E-state index in [1.165, 1.54) is 7.11 Å². The molecule has 8 nitrogen and oxygen atoms in total. The molecule has 0 aliphatic heterocycles. The summed E-state index contributed by atoms with van der Waals surface area (Å²) in [6.07, 6.45) is 0. The van der Waals surface area contributed by atoms with Crippen molar-refractivity contribution in [2.75, 3.05) is 12.5 Å². The number of carbonyl (C=O) groups is 1. The highest BCUT2D eigenvalue weighted by atomic mass is 16.5. The lowest BCUT2D eigenvalue weighted by molar-refractivity contribution is 0.0600. The Morgan fingerprint density at radius 3 is 1.77 bits per heavy atom. The Kier molecular flexibility index (Phi) is 7.84. The second-order valence-electron chi connectivity index (χ2n) is 8.35. The summed E-state index contributed by atoms with van der Waals surface area (Å²) in [5.74, 6) is 0.241. The van der Waals surface area contributed by atoms with Gasteiger partial charge in [0.25, 0.3) is 0 Å². The molecule has 190 valence electrons. The summed E-state index contributed by atoms with van der Waals surface area (Å²) in [4.78, 5) is 21.1. The molecule has 8 heteroatoms. The lowest BCUT2D eigenvalue weighted by Gasteiger charge is -2.09. The van der Waals surface area contributed by atoms with Gasteiger partial charge in [0.1, 0.15) is 0 Å². The zero-order chi connectivity index (χ0) is 26.9. The third-order valence-electron chi connectivity index (χ3n) is 5.71. The number of ether oxygens (including phenoxy) is 1. The first-order chi connectivity index (χ1) is 19.2. The fourth-order valence-corrected chi connectivity index (χ4v) is 3.73. The molecule has 0 atom stereocenters. The summed E-state index contributed by atoms with van der Waals surface area (Å²) in [6.45, 7) is 0. The molecule has 0 saturated carbocycles. The molecule has 1 aromatic heterocycles. The van der Waals surface area contributed by atoms with Crippen molar-refractivity contribution in [3.63, 3.8) is 0 Å². The normalized spacial score (nSPS) is 11.4. The van der Waals surface area contributed by atoms with Crippen LogP contribution in [0.4, 0.5) is 11.6 Å². The van der Waals surface area contributed by atoms with Crippen LogP contribution in [0, 0.1) is 0 Å². The minimum Gasteiger partial charge on any atom is -0.465 e. The van der Waals surface area contributed by atoms with E-state index in [1.807, 2.05) is 97.1 Å². The maximum atomic E-state index is 11.7. The number of nitrogens with one attached hydrogen (secondary N) is 1. The quantitative estimate of drug-likeness (QED) is 0.0820. The molecule has 5 aromatic rings. The Hall–Kier alpha value is -5.50. The highest BCUT2D eigenvalue weighted by molar-refractivity contribution is 5.99. The van der Waals surface area contributed by atoms with Crippen molar-refractivity contribution in [1.29, 1.82) is 0 Å². The molecule has 0 radical (unpaired) electrons. The van der Waals surface area contributed by atoms with Gasteiger partial charge in [-0.25, -0.2) is 20.2 Å². The SMILES string of the molecule is COC(=O)c1ccc(N=N/C(=N\Nc2nc(-c3ccccc3)cc(-c3ccccc3)n2)c2ccccc2)cc1. The van der Waals surface area contributed by atoms with Gasteiger partial charge in [-0.2, -0.15) is 5.10 Å². The number of hydrogen-bond acceptors (Lipinski definition) is 7. The number of esters is 1. The molecule has 1 N–H and O–H groups in total. The van der Waals surface area contributed by atoms with Crippen molar-refractivity contribution in [3.8, 4) is 22.5 Å². The molecular weight excluding hydrogens is 488 g/mol. The molecule has 0 bridgehead atoms. The Morgan fingerprint density at radius 2 is 1.23 bits per heavy atom. The topological polar surface area (TPSA) is 101 Å². The highest BCUT2D eigenvalue weighted by Crippen LogP contribution is 2.25. The minimum absolute atomic E-state index is 0.321. The Morgan fingerprint density at radius 1 is 0.692 bits per heavy atom. The molecular formula is C31H24N6O2. The van der Waals surface area contributed by atoms with Gasteiger partial charge >= 0.3 is 5.97 Å². The van der Waals surface area contributed by atoms with Crippen LogP contribution in [0.2, 0.25) is 0 Å². The maximum Gasteiger partial charge on any atom is 0.337 e. The molecule has 5 rings (SSSR count). The molecule has 0 aliphatic rings. The molecule has 0 unspecified atom stereocenters. The van der Waals surface area contributed by atoms with Gasteiger partial charge in [-0.1, -0.05) is 91.0 Å².